The number of hydrogen-bond acceptors (Lipinski definition) is 3. The van der Waals surface area contributed by atoms with E-state index in [-0.39, 0.29) is 10.8 Å². The van der Waals surface area contributed by atoms with Crippen molar-refractivity contribution < 1.29 is 14.7 Å². The summed E-state index contributed by atoms with van der Waals surface area (Å²) in [5, 5.41) is 13.4. The van der Waals surface area contributed by atoms with Gasteiger partial charge in [0.2, 0.25) is 0 Å². The molecule has 7 heteroatoms. The van der Waals surface area contributed by atoms with E-state index in [1.807, 2.05) is 0 Å². The van der Waals surface area contributed by atoms with Gasteiger partial charge in [-0.15, -0.1) is 11.3 Å². The van der Waals surface area contributed by atoms with E-state index >= 15 is 0 Å². The summed E-state index contributed by atoms with van der Waals surface area (Å²) >= 11 is 4.39. The quantitative estimate of drug-likeness (QED) is 0.900. The van der Waals surface area contributed by atoms with Crippen molar-refractivity contribution in [2.24, 2.45) is 7.05 Å². The molecule has 0 fully saturated rings. The van der Waals surface area contributed by atoms with Crippen molar-refractivity contribution in [3.63, 3.8) is 0 Å². The lowest BCUT2D eigenvalue weighted by Crippen LogP contribution is -2.17. The van der Waals surface area contributed by atoms with Crippen LogP contribution >= 0.6 is 27.3 Å². The fraction of sp³-hybridized carbons (Fsp3) is 0.167. The smallest absolute Gasteiger partial charge is 0.348 e. The first kappa shape index (κ1) is 13.8. The SMILES string of the molecule is Cc1csc(C(=O)O)c1NC(=O)c1cc(Br)cn1C. The van der Waals surface area contributed by atoms with Gasteiger partial charge in [0.1, 0.15) is 10.6 Å². The minimum absolute atomic E-state index is 0.138. The average molecular weight is 343 g/mol. The van der Waals surface area contributed by atoms with E-state index < -0.39 is 5.97 Å². The van der Waals surface area contributed by atoms with Gasteiger partial charge >= 0.3 is 5.97 Å². The summed E-state index contributed by atoms with van der Waals surface area (Å²) < 4.78 is 2.46. The second-order valence-electron chi connectivity index (χ2n) is 4.04. The third kappa shape index (κ3) is 2.71. The number of nitrogens with one attached hydrogen (secondary N) is 1. The van der Waals surface area contributed by atoms with Gasteiger partial charge in [0.25, 0.3) is 5.91 Å². The number of nitrogens with zero attached hydrogens (tertiary/aromatic N) is 1. The number of aromatic carboxylic acids is 1. The van der Waals surface area contributed by atoms with Crippen molar-refractivity contribution in [3.8, 4) is 0 Å². The Morgan fingerprint density at radius 2 is 2.16 bits per heavy atom. The second kappa shape index (κ2) is 5.18. The van der Waals surface area contributed by atoms with Gasteiger partial charge in [0.15, 0.2) is 0 Å². The van der Waals surface area contributed by atoms with E-state index in [1.165, 1.54) is 0 Å². The molecular formula is C12H11BrN2O3S. The fourth-order valence-corrected chi connectivity index (χ4v) is 3.05. The molecule has 0 spiro atoms. The second-order valence-corrected chi connectivity index (χ2v) is 5.83. The van der Waals surface area contributed by atoms with Gasteiger partial charge < -0.3 is 15.0 Å². The standard InChI is InChI=1S/C12H11BrN2O3S/c1-6-5-19-10(12(17)18)9(6)14-11(16)8-3-7(13)4-15(8)2/h3-5H,1-2H3,(H,14,16)(H,17,18). The van der Waals surface area contributed by atoms with Gasteiger partial charge in [0, 0.05) is 17.7 Å². The van der Waals surface area contributed by atoms with Crippen LogP contribution in [0, 0.1) is 6.92 Å². The van der Waals surface area contributed by atoms with Gasteiger partial charge in [-0.3, -0.25) is 4.79 Å². The molecule has 2 N–H and O–H groups in total. The number of rotatable bonds is 3. The predicted molar refractivity (Wildman–Crippen MR) is 77.1 cm³/mol. The van der Waals surface area contributed by atoms with Gasteiger partial charge in [0.05, 0.1) is 5.69 Å². The highest BCUT2D eigenvalue weighted by molar-refractivity contribution is 9.10. The Balaban J connectivity index is 2.31. The number of thiophene rings is 1. The Kier molecular flexibility index (Phi) is 3.77. The molecule has 19 heavy (non-hydrogen) atoms. The lowest BCUT2D eigenvalue weighted by molar-refractivity contribution is 0.0703. The minimum atomic E-state index is -1.04. The Bertz CT molecular complexity index is 660. The van der Waals surface area contributed by atoms with Crippen LogP contribution in [0.2, 0.25) is 0 Å². The van der Waals surface area contributed by atoms with Crippen LogP contribution in [-0.2, 0) is 7.05 Å². The van der Waals surface area contributed by atoms with Crippen molar-refractivity contribution in [1.29, 1.82) is 0 Å². The number of amides is 1. The molecule has 0 atom stereocenters. The van der Waals surface area contributed by atoms with Crippen LogP contribution in [0.25, 0.3) is 0 Å². The van der Waals surface area contributed by atoms with E-state index in [0.29, 0.717) is 11.4 Å². The van der Waals surface area contributed by atoms with Crippen molar-refractivity contribution in [2.75, 3.05) is 5.32 Å². The van der Waals surface area contributed by atoms with E-state index in [1.54, 1.807) is 36.2 Å². The topological polar surface area (TPSA) is 71.3 Å². The van der Waals surface area contributed by atoms with E-state index in [4.69, 9.17) is 5.11 Å². The van der Waals surface area contributed by atoms with Gasteiger partial charge in [-0.05, 0) is 39.9 Å². The highest BCUT2D eigenvalue weighted by Crippen LogP contribution is 2.28. The molecule has 0 aliphatic rings. The molecule has 0 aromatic carbocycles. The number of carboxylic acids is 1. The number of anilines is 1. The molecule has 2 aromatic rings. The van der Waals surface area contributed by atoms with Crippen LogP contribution in [0.3, 0.4) is 0 Å². The zero-order valence-corrected chi connectivity index (χ0v) is 12.6. The number of halogens is 1. The number of carbonyl (C=O) groups excluding carboxylic acids is 1. The molecule has 2 aromatic heterocycles. The first-order valence-corrected chi connectivity index (χ1v) is 7.02. The van der Waals surface area contributed by atoms with Gasteiger partial charge in [-0.2, -0.15) is 0 Å². The molecule has 0 saturated heterocycles. The van der Waals surface area contributed by atoms with E-state index in [2.05, 4.69) is 21.2 Å². The van der Waals surface area contributed by atoms with Crippen LogP contribution in [0.15, 0.2) is 22.1 Å². The molecule has 0 aliphatic carbocycles. The molecule has 0 unspecified atom stereocenters. The maximum atomic E-state index is 12.1. The normalized spacial score (nSPS) is 10.5. The maximum absolute atomic E-state index is 12.1. The zero-order chi connectivity index (χ0) is 14.2. The van der Waals surface area contributed by atoms with Crippen molar-refractivity contribution in [3.05, 3.63) is 38.3 Å². The summed E-state index contributed by atoms with van der Waals surface area (Å²) in [7, 11) is 1.75. The average Bonchev–Trinajstić information content (AvgIpc) is 2.83. The lowest BCUT2D eigenvalue weighted by atomic mass is 10.2. The van der Waals surface area contributed by atoms with Crippen LogP contribution in [-0.4, -0.2) is 21.6 Å². The minimum Gasteiger partial charge on any atom is -0.477 e. The summed E-state index contributed by atoms with van der Waals surface area (Å²) in [5.41, 5.74) is 1.55. The van der Waals surface area contributed by atoms with E-state index in [9.17, 15) is 9.59 Å². The van der Waals surface area contributed by atoms with Crippen LogP contribution in [0.1, 0.15) is 25.7 Å². The number of hydrogen-bond donors (Lipinski definition) is 2. The van der Waals surface area contributed by atoms with Crippen LogP contribution in [0.4, 0.5) is 5.69 Å². The molecule has 0 radical (unpaired) electrons. The Labute approximate surface area is 122 Å². The molecule has 0 saturated carbocycles. The largest absolute Gasteiger partial charge is 0.477 e. The molecule has 0 bridgehead atoms. The van der Waals surface area contributed by atoms with Crippen molar-refractivity contribution in [1.82, 2.24) is 4.57 Å². The van der Waals surface area contributed by atoms with Gasteiger partial charge in [-0.25, -0.2) is 4.79 Å². The maximum Gasteiger partial charge on any atom is 0.348 e. The molecule has 1 amide bonds. The Hall–Kier alpha value is -1.60. The molecule has 100 valence electrons. The number of aromatic nitrogens is 1. The van der Waals surface area contributed by atoms with Crippen LogP contribution in [0.5, 0.6) is 0 Å². The third-order valence-corrected chi connectivity index (χ3v) is 4.13. The summed E-state index contributed by atoms with van der Waals surface area (Å²) in [6.07, 6.45) is 1.76. The third-order valence-electron chi connectivity index (χ3n) is 2.61. The lowest BCUT2D eigenvalue weighted by Gasteiger charge is -2.07. The van der Waals surface area contributed by atoms with Crippen molar-refractivity contribution >= 4 is 44.8 Å². The number of carbonyl (C=O) groups is 2. The predicted octanol–water partition coefficient (Wildman–Crippen LogP) is 3.11. The van der Waals surface area contributed by atoms with E-state index in [0.717, 1.165) is 21.4 Å². The fourth-order valence-electron chi connectivity index (χ4n) is 1.68. The monoisotopic (exact) mass is 342 g/mol. The van der Waals surface area contributed by atoms with Gasteiger partial charge in [-0.1, -0.05) is 0 Å². The Morgan fingerprint density at radius 3 is 2.68 bits per heavy atom. The molecule has 0 aliphatic heterocycles. The first-order chi connectivity index (χ1) is 8.90. The first-order valence-electron chi connectivity index (χ1n) is 5.34. The molecule has 2 rings (SSSR count). The zero-order valence-electron chi connectivity index (χ0n) is 10.2. The molecular weight excluding hydrogens is 332 g/mol. The summed E-state index contributed by atoms with van der Waals surface area (Å²) in [5.74, 6) is -1.38. The summed E-state index contributed by atoms with van der Waals surface area (Å²) in [6, 6.07) is 1.68. The van der Waals surface area contributed by atoms with Crippen LogP contribution < -0.4 is 5.32 Å². The Morgan fingerprint density at radius 1 is 1.47 bits per heavy atom. The molecule has 5 nitrogen and oxygen atoms in total. The summed E-state index contributed by atoms with van der Waals surface area (Å²) in [4.78, 5) is 23.3. The number of carboxylic acid groups (broad SMARTS) is 1. The molecule has 2 heterocycles. The summed E-state index contributed by atoms with van der Waals surface area (Å²) in [6.45, 7) is 1.76. The highest BCUT2D eigenvalue weighted by Gasteiger charge is 2.19. The van der Waals surface area contributed by atoms with Crippen molar-refractivity contribution in [2.45, 2.75) is 6.92 Å². The highest BCUT2D eigenvalue weighted by atomic mass is 79.9. The number of aryl methyl sites for hydroxylation is 2.